The van der Waals surface area contributed by atoms with Crippen LogP contribution in [0.4, 0.5) is 4.39 Å². The molecule has 2 amide bonds. The smallest absolute Gasteiger partial charge is 0.349 e. The lowest BCUT2D eigenvalue weighted by Crippen LogP contribution is -2.52. The molecular formula is C24H23FN2O5. The molecule has 1 aliphatic rings. The minimum absolute atomic E-state index is 0.0284. The number of rotatable bonds is 5. The number of hydrogen-bond acceptors (Lipinski definition) is 5. The normalized spacial score (nSPS) is 14.3. The molecule has 166 valence electrons. The molecular weight excluding hydrogens is 415 g/mol. The van der Waals surface area contributed by atoms with Crippen LogP contribution in [0.5, 0.6) is 5.75 Å². The number of amides is 2. The third kappa shape index (κ3) is 4.64. The largest absolute Gasteiger partial charge is 0.491 e. The van der Waals surface area contributed by atoms with Crippen molar-refractivity contribution in [3.8, 4) is 5.75 Å². The molecule has 1 aliphatic heterocycles. The first kappa shape index (κ1) is 21.5. The molecule has 0 saturated carbocycles. The van der Waals surface area contributed by atoms with Gasteiger partial charge in [-0.15, -0.1) is 0 Å². The van der Waals surface area contributed by atoms with Gasteiger partial charge in [0.1, 0.15) is 29.3 Å². The molecule has 32 heavy (non-hydrogen) atoms. The van der Waals surface area contributed by atoms with Gasteiger partial charge in [0.15, 0.2) is 0 Å². The monoisotopic (exact) mass is 438 g/mol. The first-order valence-corrected chi connectivity index (χ1v) is 10.4. The molecule has 1 fully saturated rings. The van der Waals surface area contributed by atoms with Crippen LogP contribution in [0.15, 0.2) is 57.7 Å². The molecule has 0 unspecified atom stereocenters. The lowest BCUT2D eigenvalue weighted by Gasteiger charge is -2.34. The number of carbonyl (C=O) groups is 2. The summed E-state index contributed by atoms with van der Waals surface area (Å²) in [6.07, 6.45) is -0.0284. The maximum atomic E-state index is 13.1. The molecule has 1 saturated heterocycles. The maximum Gasteiger partial charge on any atom is 0.349 e. The number of piperazine rings is 1. The summed E-state index contributed by atoms with van der Waals surface area (Å²) in [6, 6.07) is 12.5. The van der Waals surface area contributed by atoms with Crippen molar-refractivity contribution < 1.29 is 23.1 Å². The summed E-state index contributed by atoms with van der Waals surface area (Å²) in [5.74, 6) is -0.557. The number of hydrogen-bond donors (Lipinski definition) is 0. The van der Waals surface area contributed by atoms with Crippen LogP contribution < -0.4 is 10.4 Å². The summed E-state index contributed by atoms with van der Waals surface area (Å²) in [4.78, 5) is 41.0. The summed E-state index contributed by atoms with van der Waals surface area (Å²) < 4.78 is 24.0. The van der Waals surface area contributed by atoms with Crippen molar-refractivity contribution in [3.05, 3.63) is 75.9 Å². The minimum Gasteiger partial charge on any atom is -0.491 e. The van der Waals surface area contributed by atoms with Gasteiger partial charge in [0.05, 0.1) is 6.10 Å². The minimum atomic E-state index is -0.759. The zero-order valence-corrected chi connectivity index (χ0v) is 17.8. The second-order valence-corrected chi connectivity index (χ2v) is 7.98. The van der Waals surface area contributed by atoms with Crippen LogP contribution in [0.25, 0.3) is 11.0 Å². The highest BCUT2D eigenvalue weighted by atomic mass is 19.1. The second-order valence-electron chi connectivity index (χ2n) is 7.98. The lowest BCUT2D eigenvalue weighted by molar-refractivity contribution is -0.135. The fraction of sp³-hybridized carbons (Fsp3) is 0.292. The van der Waals surface area contributed by atoms with Crippen LogP contribution in [0.1, 0.15) is 29.8 Å². The Kier molecular flexibility index (Phi) is 5.94. The molecule has 0 N–H and O–H groups in total. The molecule has 1 aromatic heterocycles. The Morgan fingerprint density at radius 1 is 1.09 bits per heavy atom. The van der Waals surface area contributed by atoms with Gasteiger partial charge < -0.3 is 19.0 Å². The van der Waals surface area contributed by atoms with Crippen molar-refractivity contribution in [2.45, 2.75) is 26.5 Å². The van der Waals surface area contributed by atoms with E-state index in [2.05, 4.69) is 0 Å². The van der Waals surface area contributed by atoms with Gasteiger partial charge in [-0.05, 0) is 49.7 Å². The summed E-state index contributed by atoms with van der Waals surface area (Å²) in [5.41, 5.74) is 0.251. The van der Waals surface area contributed by atoms with E-state index in [-0.39, 0.29) is 36.5 Å². The Morgan fingerprint density at radius 2 is 1.84 bits per heavy atom. The number of halogens is 1. The first-order chi connectivity index (χ1) is 15.3. The van der Waals surface area contributed by atoms with E-state index in [9.17, 15) is 18.8 Å². The van der Waals surface area contributed by atoms with Crippen molar-refractivity contribution in [2.75, 3.05) is 19.6 Å². The second kappa shape index (κ2) is 8.82. The van der Waals surface area contributed by atoms with Crippen LogP contribution in [0, 0.1) is 5.82 Å². The van der Waals surface area contributed by atoms with E-state index in [1.165, 1.54) is 23.1 Å². The summed E-state index contributed by atoms with van der Waals surface area (Å²) in [7, 11) is 0. The van der Waals surface area contributed by atoms with Crippen molar-refractivity contribution in [3.63, 3.8) is 0 Å². The van der Waals surface area contributed by atoms with Crippen LogP contribution >= 0.6 is 0 Å². The van der Waals surface area contributed by atoms with Gasteiger partial charge in [-0.2, -0.15) is 0 Å². The summed E-state index contributed by atoms with van der Waals surface area (Å²) >= 11 is 0. The number of fused-ring (bicyclic) bond motifs is 1. The van der Waals surface area contributed by atoms with Gasteiger partial charge in [-0.3, -0.25) is 9.59 Å². The molecule has 0 spiro atoms. The van der Waals surface area contributed by atoms with E-state index < -0.39 is 11.5 Å². The molecule has 2 heterocycles. The maximum absolute atomic E-state index is 13.1. The highest BCUT2D eigenvalue weighted by Gasteiger charge is 2.29. The van der Waals surface area contributed by atoms with Crippen molar-refractivity contribution >= 4 is 22.8 Å². The van der Waals surface area contributed by atoms with E-state index in [1.807, 2.05) is 13.8 Å². The molecule has 3 aromatic rings. The van der Waals surface area contributed by atoms with Crippen molar-refractivity contribution in [2.24, 2.45) is 0 Å². The average molecular weight is 438 g/mol. The quantitative estimate of drug-likeness (QED) is 0.572. The Bertz CT molecular complexity index is 1220. The molecule has 0 atom stereocenters. The third-order valence-electron chi connectivity index (χ3n) is 5.20. The Hall–Kier alpha value is -3.68. The van der Waals surface area contributed by atoms with E-state index in [0.29, 0.717) is 29.8 Å². The summed E-state index contributed by atoms with van der Waals surface area (Å²) in [6.45, 7) is 4.57. The van der Waals surface area contributed by atoms with E-state index >= 15 is 0 Å². The number of ether oxygens (including phenoxy) is 1. The lowest BCUT2D eigenvalue weighted by atomic mass is 10.1. The zero-order valence-electron chi connectivity index (χ0n) is 17.8. The van der Waals surface area contributed by atoms with Gasteiger partial charge in [-0.1, -0.05) is 12.1 Å². The van der Waals surface area contributed by atoms with Crippen molar-refractivity contribution in [1.29, 1.82) is 0 Å². The van der Waals surface area contributed by atoms with Crippen LogP contribution in [-0.4, -0.2) is 47.4 Å². The van der Waals surface area contributed by atoms with Gasteiger partial charge in [0, 0.05) is 31.1 Å². The first-order valence-electron chi connectivity index (χ1n) is 10.4. The van der Waals surface area contributed by atoms with E-state index in [0.717, 1.165) is 5.56 Å². The predicted octanol–water partition coefficient (Wildman–Crippen LogP) is 3.20. The molecule has 0 aliphatic carbocycles. The van der Waals surface area contributed by atoms with Crippen LogP contribution in [0.2, 0.25) is 0 Å². The van der Waals surface area contributed by atoms with Gasteiger partial charge in [0.2, 0.25) is 5.91 Å². The van der Waals surface area contributed by atoms with Crippen LogP contribution in [0.3, 0.4) is 0 Å². The third-order valence-corrected chi connectivity index (χ3v) is 5.20. The fourth-order valence-electron chi connectivity index (χ4n) is 3.62. The van der Waals surface area contributed by atoms with Gasteiger partial charge in [0.25, 0.3) is 5.91 Å². The topological polar surface area (TPSA) is 80.1 Å². The zero-order chi connectivity index (χ0) is 22.8. The molecule has 0 bridgehead atoms. The standard InChI is InChI=1S/C24H23FN2O5/c1-15(2)31-19-8-5-17-11-20(24(30)32-21(17)12-19)23(29)27-10-9-26(22(28)14-27)13-16-3-6-18(25)7-4-16/h3-8,11-12,15H,9-10,13-14H2,1-2H3. The number of nitrogens with zero attached hydrogens (tertiary/aromatic N) is 2. The molecule has 7 nitrogen and oxygen atoms in total. The number of carbonyl (C=O) groups excluding carboxylic acids is 2. The average Bonchev–Trinajstić information content (AvgIpc) is 2.75. The highest BCUT2D eigenvalue weighted by molar-refractivity contribution is 5.99. The summed E-state index contributed by atoms with van der Waals surface area (Å²) in [5, 5.41) is 0.588. The van der Waals surface area contributed by atoms with Crippen molar-refractivity contribution in [1.82, 2.24) is 9.80 Å². The van der Waals surface area contributed by atoms with E-state index in [1.54, 1.807) is 35.2 Å². The molecule has 4 rings (SSSR count). The highest BCUT2D eigenvalue weighted by Crippen LogP contribution is 2.22. The molecule has 2 aromatic carbocycles. The van der Waals surface area contributed by atoms with E-state index in [4.69, 9.17) is 9.15 Å². The Balaban J connectivity index is 1.48. The SMILES string of the molecule is CC(C)Oc1ccc2cc(C(=O)N3CCN(Cc4ccc(F)cc4)C(=O)C3)c(=O)oc2c1. The van der Waals surface area contributed by atoms with Gasteiger partial charge in [-0.25, -0.2) is 9.18 Å². The molecule has 8 heteroatoms. The predicted molar refractivity (Wildman–Crippen MR) is 116 cm³/mol. The molecule has 0 radical (unpaired) electrons. The van der Waals surface area contributed by atoms with Gasteiger partial charge >= 0.3 is 5.63 Å². The fourth-order valence-corrected chi connectivity index (χ4v) is 3.62. The number of benzene rings is 2. The Morgan fingerprint density at radius 3 is 2.53 bits per heavy atom. The Labute approximate surface area is 184 Å². The van der Waals surface area contributed by atoms with Crippen LogP contribution in [-0.2, 0) is 11.3 Å².